The Hall–Kier alpha value is -2.78. The van der Waals surface area contributed by atoms with E-state index in [1.54, 1.807) is 6.07 Å². The Morgan fingerprint density at radius 1 is 1.23 bits per heavy atom. The molecule has 2 aromatic heterocycles. The molecule has 1 aromatic carbocycles. The van der Waals surface area contributed by atoms with Gasteiger partial charge >= 0.3 is 0 Å². The van der Waals surface area contributed by atoms with E-state index in [-0.39, 0.29) is 11.5 Å². The molecule has 0 spiro atoms. The number of nitrogens with one attached hydrogen (secondary N) is 2. The molecule has 1 aliphatic rings. The van der Waals surface area contributed by atoms with E-state index in [4.69, 9.17) is 4.98 Å². The Bertz CT molecular complexity index is 1150. The van der Waals surface area contributed by atoms with E-state index < -0.39 is 0 Å². The zero-order valence-electron chi connectivity index (χ0n) is 17.5. The van der Waals surface area contributed by atoms with Gasteiger partial charge in [-0.2, -0.15) is 9.61 Å². The summed E-state index contributed by atoms with van der Waals surface area (Å²) in [5, 5.41) is 11.6. The summed E-state index contributed by atoms with van der Waals surface area (Å²) in [4.78, 5) is 32.1. The molecule has 158 valence electrons. The van der Waals surface area contributed by atoms with Gasteiger partial charge in [-0.25, -0.2) is 4.98 Å². The van der Waals surface area contributed by atoms with Gasteiger partial charge in [0.25, 0.3) is 5.56 Å². The predicted octanol–water partition coefficient (Wildman–Crippen LogP) is 2.45. The number of fused-ring (bicyclic) bond motifs is 1. The third kappa shape index (κ3) is 3.95. The maximum atomic E-state index is 12.7. The minimum Gasteiger partial charge on any atom is -0.354 e. The van der Waals surface area contributed by atoms with Crippen molar-refractivity contribution >= 4 is 33.7 Å². The zero-order valence-corrected chi connectivity index (χ0v) is 18.3. The first-order chi connectivity index (χ1) is 14.5. The van der Waals surface area contributed by atoms with Crippen LogP contribution in [0.5, 0.6) is 0 Å². The summed E-state index contributed by atoms with van der Waals surface area (Å²) in [5.41, 5.74) is 3.56. The number of piperazine rings is 1. The van der Waals surface area contributed by atoms with Gasteiger partial charge in [-0.3, -0.25) is 9.59 Å². The summed E-state index contributed by atoms with van der Waals surface area (Å²) in [6.45, 7) is 9.28. The van der Waals surface area contributed by atoms with Crippen LogP contribution in [0.2, 0.25) is 0 Å². The standard InChI is InChI=1S/C21H26N6O2S/c1-4-14-10-15(13(3)16(11-14)23-18(28)5-2)20-25-27-19(29)12-17(24-21(27)30-20)26-8-6-22-7-9-26/h10-12,22H,4-9H2,1-3H3,(H,23,28). The number of nitrogens with zero attached hydrogens (tertiary/aromatic N) is 4. The molecule has 1 fully saturated rings. The Kier molecular flexibility index (Phi) is 5.83. The van der Waals surface area contributed by atoms with Gasteiger partial charge in [-0.1, -0.05) is 25.2 Å². The molecule has 1 aliphatic heterocycles. The molecule has 2 N–H and O–H groups in total. The van der Waals surface area contributed by atoms with Crippen molar-refractivity contribution in [3.8, 4) is 10.6 Å². The molecule has 3 aromatic rings. The van der Waals surface area contributed by atoms with Crippen LogP contribution in [0.25, 0.3) is 15.5 Å². The summed E-state index contributed by atoms with van der Waals surface area (Å²) >= 11 is 1.40. The normalized spacial score (nSPS) is 14.3. The lowest BCUT2D eigenvalue weighted by Crippen LogP contribution is -2.44. The molecule has 3 heterocycles. The minimum atomic E-state index is -0.181. The fourth-order valence-electron chi connectivity index (χ4n) is 3.53. The molecule has 0 radical (unpaired) electrons. The quantitative estimate of drug-likeness (QED) is 0.651. The lowest BCUT2D eigenvalue weighted by Gasteiger charge is -2.27. The molecule has 0 atom stereocenters. The maximum absolute atomic E-state index is 12.7. The van der Waals surface area contributed by atoms with Crippen LogP contribution in [0.3, 0.4) is 0 Å². The largest absolute Gasteiger partial charge is 0.354 e. The molecule has 0 unspecified atom stereocenters. The van der Waals surface area contributed by atoms with E-state index in [0.29, 0.717) is 17.2 Å². The number of aromatic nitrogens is 3. The number of carbonyl (C=O) groups excluding carboxylic acids is 1. The second kappa shape index (κ2) is 8.53. The highest BCUT2D eigenvalue weighted by molar-refractivity contribution is 7.19. The average Bonchev–Trinajstić information content (AvgIpc) is 3.20. The third-order valence-electron chi connectivity index (χ3n) is 5.37. The van der Waals surface area contributed by atoms with Crippen LogP contribution in [0.1, 0.15) is 31.4 Å². The molecular weight excluding hydrogens is 400 g/mol. The van der Waals surface area contributed by atoms with Crippen molar-refractivity contribution in [2.45, 2.75) is 33.6 Å². The second-order valence-corrected chi connectivity index (χ2v) is 8.32. The Morgan fingerprint density at radius 3 is 2.70 bits per heavy atom. The molecule has 9 heteroatoms. The predicted molar refractivity (Wildman–Crippen MR) is 121 cm³/mol. The number of hydrogen-bond donors (Lipinski definition) is 2. The van der Waals surface area contributed by atoms with E-state index in [1.807, 2.05) is 19.9 Å². The lowest BCUT2D eigenvalue weighted by atomic mass is 10.0. The molecule has 0 saturated carbocycles. The fraction of sp³-hybridized carbons (Fsp3) is 0.429. The van der Waals surface area contributed by atoms with Crippen molar-refractivity contribution in [3.63, 3.8) is 0 Å². The number of hydrogen-bond acceptors (Lipinski definition) is 7. The highest BCUT2D eigenvalue weighted by atomic mass is 32.1. The smallest absolute Gasteiger partial charge is 0.277 e. The van der Waals surface area contributed by atoms with Crippen LogP contribution >= 0.6 is 11.3 Å². The number of amides is 1. The summed E-state index contributed by atoms with van der Waals surface area (Å²) < 4.78 is 1.37. The first kappa shape index (κ1) is 20.5. The van der Waals surface area contributed by atoms with Crippen LogP contribution < -0.4 is 21.1 Å². The Balaban J connectivity index is 1.79. The average molecular weight is 427 g/mol. The number of carbonyl (C=O) groups is 1. The van der Waals surface area contributed by atoms with Crippen molar-refractivity contribution in [2.75, 3.05) is 36.4 Å². The van der Waals surface area contributed by atoms with Gasteiger partial charge in [0.15, 0.2) is 0 Å². The van der Waals surface area contributed by atoms with Gasteiger partial charge in [0.05, 0.1) is 0 Å². The fourth-order valence-corrected chi connectivity index (χ4v) is 4.51. The van der Waals surface area contributed by atoms with Crippen molar-refractivity contribution < 1.29 is 4.79 Å². The molecule has 1 saturated heterocycles. The maximum Gasteiger partial charge on any atom is 0.277 e. The molecule has 0 aliphatic carbocycles. The van der Waals surface area contributed by atoms with Crippen molar-refractivity contribution in [1.82, 2.24) is 19.9 Å². The number of benzene rings is 1. The topological polar surface area (TPSA) is 91.6 Å². The SMILES string of the molecule is CCC(=O)Nc1cc(CC)cc(-c2nn3c(=O)cc(N4CCNCC4)nc3s2)c1C. The Labute approximate surface area is 178 Å². The second-order valence-electron chi connectivity index (χ2n) is 7.36. The third-order valence-corrected chi connectivity index (χ3v) is 6.32. The Morgan fingerprint density at radius 2 is 2.00 bits per heavy atom. The summed E-state index contributed by atoms with van der Waals surface area (Å²) in [6, 6.07) is 5.65. The molecule has 8 nitrogen and oxygen atoms in total. The van der Waals surface area contributed by atoms with Crippen LogP contribution in [-0.2, 0) is 11.2 Å². The van der Waals surface area contributed by atoms with Gasteiger partial charge in [-0.15, -0.1) is 0 Å². The molecule has 4 rings (SSSR count). The van der Waals surface area contributed by atoms with Crippen molar-refractivity contribution in [2.24, 2.45) is 0 Å². The van der Waals surface area contributed by atoms with E-state index >= 15 is 0 Å². The van der Waals surface area contributed by atoms with Crippen molar-refractivity contribution in [3.05, 3.63) is 39.7 Å². The van der Waals surface area contributed by atoms with Gasteiger partial charge in [0, 0.05) is 49.9 Å². The number of anilines is 2. The van der Waals surface area contributed by atoms with Gasteiger partial charge < -0.3 is 15.5 Å². The molecule has 30 heavy (non-hydrogen) atoms. The van der Waals surface area contributed by atoms with Crippen LogP contribution in [0.15, 0.2) is 23.0 Å². The van der Waals surface area contributed by atoms with Gasteiger partial charge in [0.1, 0.15) is 10.8 Å². The molecule has 0 bridgehead atoms. The molecule has 1 amide bonds. The van der Waals surface area contributed by atoms with Crippen LogP contribution in [0.4, 0.5) is 11.5 Å². The van der Waals surface area contributed by atoms with Gasteiger partial charge in [0.2, 0.25) is 10.9 Å². The van der Waals surface area contributed by atoms with Crippen LogP contribution in [0, 0.1) is 6.92 Å². The highest BCUT2D eigenvalue weighted by Gasteiger charge is 2.18. The van der Waals surface area contributed by atoms with Crippen molar-refractivity contribution in [1.29, 1.82) is 0 Å². The molecular formula is C21H26N6O2S. The highest BCUT2D eigenvalue weighted by Crippen LogP contribution is 2.33. The number of rotatable bonds is 5. The lowest BCUT2D eigenvalue weighted by molar-refractivity contribution is -0.115. The monoisotopic (exact) mass is 426 g/mol. The van der Waals surface area contributed by atoms with E-state index in [1.165, 1.54) is 15.9 Å². The summed E-state index contributed by atoms with van der Waals surface area (Å²) in [7, 11) is 0. The van der Waals surface area contributed by atoms with E-state index in [9.17, 15) is 9.59 Å². The summed E-state index contributed by atoms with van der Waals surface area (Å²) in [5.74, 6) is 0.673. The first-order valence-electron chi connectivity index (χ1n) is 10.3. The van der Waals surface area contributed by atoms with E-state index in [0.717, 1.165) is 60.0 Å². The first-order valence-corrected chi connectivity index (χ1v) is 11.1. The summed E-state index contributed by atoms with van der Waals surface area (Å²) in [6.07, 6.45) is 1.25. The zero-order chi connectivity index (χ0) is 21.3. The van der Waals surface area contributed by atoms with E-state index in [2.05, 4.69) is 33.6 Å². The van der Waals surface area contributed by atoms with Gasteiger partial charge in [-0.05, 0) is 36.6 Å². The minimum absolute atomic E-state index is 0.0276. The number of aryl methyl sites for hydroxylation is 1. The van der Waals surface area contributed by atoms with Crippen LogP contribution in [-0.4, -0.2) is 46.7 Å².